The Hall–Kier alpha value is -1.15. The van der Waals surface area contributed by atoms with Gasteiger partial charge in [-0.15, -0.1) is 0 Å². The molecule has 0 aromatic heterocycles. The van der Waals surface area contributed by atoms with Crippen molar-refractivity contribution in [2.24, 2.45) is 0 Å². The molecule has 20 heavy (non-hydrogen) atoms. The van der Waals surface area contributed by atoms with Crippen molar-refractivity contribution in [3.8, 4) is 0 Å². The number of morpholine rings is 1. The molecule has 0 radical (unpaired) electrons. The van der Waals surface area contributed by atoms with E-state index in [1.165, 1.54) is 4.31 Å². The topological polar surface area (TPSA) is 70.7 Å². The Morgan fingerprint density at radius 1 is 1.30 bits per heavy atom. The molecule has 7 heteroatoms. The first kappa shape index (κ1) is 15.2. The van der Waals surface area contributed by atoms with Crippen LogP contribution >= 0.6 is 0 Å². The zero-order valence-electron chi connectivity index (χ0n) is 11.6. The lowest BCUT2D eigenvalue weighted by Crippen LogP contribution is -2.43. The van der Waals surface area contributed by atoms with Gasteiger partial charge < -0.3 is 10.1 Å². The highest BCUT2D eigenvalue weighted by molar-refractivity contribution is 7.90. The van der Waals surface area contributed by atoms with Gasteiger partial charge in [-0.3, -0.25) is 4.72 Å². The van der Waals surface area contributed by atoms with Crippen LogP contribution in [0.2, 0.25) is 0 Å². The van der Waals surface area contributed by atoms with Crippen LogP contribution in [-0.4, -0.2) is 45.6 Å². The quantitative estimate of drug-likeness (QED) is 0.814. The minimum atomic E-state index is -3.49. The zero-order valence-corrected chi connectivity index (χ0v) is 12.4. The lowest BCUT2D eigenvalue weighted by Gasteiger charge is -2.26. The number of nitrogens with one attached hydrogen (secondary N) is 2. The number of rotatable bonds is 6. The second-order valence-electron chi connectivity index (χ2n) is 4.60. The van der Waals surface area contributed by atoms with Crippen molar-refractivity contribution in [2.75, 3.05) is 37.6 Å². The first-order chi connectivity index (χ1) is 9.62. The number of hydrogen-bond donors (Lipinski definition) is 2. The summed E-state index contributed by atoms with van der Waals surface area (Å²) in [5.74, 6) is 0. The summed E-state index contributed by atoms with van der Waals surface area (Å²) < 4.78 is 33.6. The maximum absolute atomic E-state index is 12.2. The molecule has 1 aromatic carbocycles. The van der Waals surface area contributed by atoms with E-state index >= 15 is 0 Å². The van der Waals surface area contributed by atoms with Crippen molar-refractivity contribution < 1.29 is 13.2 Å². The molecule has 1 aromatic rings. The molecule has 0 aliphatic carbocycles. The molecule has 1 fully saturated rings. The number of nitrogens with zero attached hydrogens (tertiary/aromatic N) is 1. The Labute approximate surface area is 120 Å². The van der Waals surface area contributed by atoms with E-state index in [1.807, 2.05) is 25.1 Å². The lowest BCUT2D eigenvalue weighted by molar-refractivity contribution is 0.0733. The SMILES string of the molecule is CCNCc1cccc(NS(=O)(=O)N2CCOCC2)c1. The highest BCUT2D eigenvalue weighted by atomic mass is 32.2. The summed E-state index contributed by atoms with van der Waals surface area (Å²) in [4.78, 5) is 0. The van der Waals surface area contributed by atoms with Gasteiger partial charge in [0.05, 0.1) is 18.9 Å². The summed E-state index contributed by atoms with van der Waals surface area (Å²) in [5, 5.41) is 3.21. The molecule has 1 aliphatic heterocycles. The average Bonchev–Trinajstić information content (AvgIpc) is 2.46. The first-order valence-electron chi connectivity index (χ1n) is 6.77. The monoisotopic (exact) mass is 299 g/mol. The van der Waals surface area contributed by atoms with Gasteiger partial charge in [-0.2, -0.15) is 12.7 Å². The molecular weight excluding hydrogens is 278 g/mol. The van der Waals surface area contributed by atoms with Gasteiger partial charge in [-0.1, -0.05) is 19.1 Å². The number of hydrogen-bond acceptors (Lipinski definition) is 4. The fourth-order valence-corrected chi connectivity index (χ4v) is 3.20. The van der Waals surface area contributed by atoms with E-state index in [0.29, 0.717) is 32.0 Å². The minimum Gasteiger partial charge on any atom is -0.379 e. The predicted octanol–water partition coefficient (Wildman–Crippen LogP) is 0.785. The van der Waals surface area contributed by atoms with E-state index in [0.717, 1.165) is 18.7 Å². The van der Waals surface area contributed by atoms with Crippen LogP contribution in [-0.2, 0) is 21.5 Å². The van der Waals surface area contributed by atoms with Crippen molar-refractivity contribution in [1.29, 1.82) is 0 Å². The fraction of sp³-hybridized carbons (Fsp3) is 0.538. The molecule has 0 unspecified atom stereocenters. The van der Waals surface area contributed by atoms with Gasteiger partial charge in [0.15, 0.2) is 0 Å². The molecule has 0 spiro atoms. The third kappa shape index (κ3) is 4.17. The molecule has 0 atom stereocenters. The second-order valence-corrected chi connectivity index (χ2v) is 6.27. The van der Waals surface area contributed by atoms with Crippen LogP contribution in [0.4, 0.5) is 5.69 Å². The fourth-order valence-electron chi connectivity index (χ4n) is 2.01. The molecule has 0 bridgehead atoms. The van der Waals surface area contributed by atoms with Gasteiger partial charge >= 0.3 is 10.2 Å². The van der Waals surface area contributed by atoms with Crippen LogP contribution in [0.5, 0.6) is 0 Å². The largest absolute Gasteiger partial charge is 0.379 e. The molecule has 2 N–H and O–H groups in total. The van der Waals surface area contributed by atoms with Gasteiger partial charge in [0, 0.05) is 19.6 Å². The molecule has 1 aliphatic rings. The molecule has 2 rings (SSSR count). The van der Waals surface area contributed by atoms with E-state index in [4.69, 9.17) is 4.74 Å². The van der Waals surface area contributed by atoms with Crippen LogP contribution in [0.25, 0.3) is 0 Å². The van der Waals surface area contributed by atoms with Crippen LogP contribution < -0.4 is 10.0 Å². The number of benzene rings is 1. The summed E-state index contributed by atoms with van der Waals surface area (Å²) in [6.07, 6.45) is 0. The zero-order chi connectivity index (χ0) is 14.4. The van der Waals surface area contributed by atoms with Gasteiger partial charge in [0.25, 0.3) is 0 Å². The summed E-state index contributed by atoms with van der Waals surface area (Å²) in [6, 6.07) is 7.42. The summed E-state index contributed by atoms with van der Waals surface area (Å²) >= 11 is 0. The lowest BCUT2D eigenvalue weighted by atomic mass is 10.2. The van der Waals surface area contributed by atoms with E-state index in [1.54, 1.807) is 6.07 Å². The molecule has 1 saturated heterocycles. The van der Waals surface area contributed by atoms with Crippen molar-refractivity contribution in [3.63, 3.8) is 0 Å². The third-order valence-electron chi connectivity index (χ3n) is 3.06. The summed E-state index contributed by atoms with van der Waals surface area (Å²) in [7, 11) is -3.49. The van der Waals surface area contributed by atoms with Crippen molar-refractivity contribution in [1.82, 2.24) is 9.62 Å². The van der Waals surface area contributed by atoms with Crippen molar-refractivity contribution in [3.05, 3.63) is 29.8 Å². The molecule has 112 valence electrons. The van der Waals surface area contributed by atoms with Crippen molar-refractivity contribution >= 4 is 15.9 Å². The Morgan fingerprint density at radius 3 is 2.75 bits per heavy atom. The van der Waals surface area contributed by atoms with Crippen LogP contribution in [0.15, 0.2) is 24.3 Å². The second kappa shape index (κ2) is 7.03. The normalized spacial score (nSPS) is 17.1. The highest BCUT2D eigenvalue weighted by Crippen LogP contribution is 2.15. The van der Waals surface area contributed by atoms with E-state index in [9.17, 15) is 8.42 Å². The molecule has 6 nitrogen and oxygen atoms in total. The third-order valence-corrected chi connectivity index (χ3v) is 4.60. The standard InChI is InChI=1S/C13H21N3O3S/c1-2-14-11-12-4-3-5-13(10-12)15-20(17,18)16-6-8-19-9-7-16/h3-5,10,14-15H,2,6-9,11H2,1H3. The Bertz CT molecular complexity index is 527. The summed E-state index contributed by atoms with van der Waals surface area (Å²) in [6.45, 7) is 5.32. The smallest absolute Gasteiger partial charge is 0.301 e. The number of anilines is 1. The molecule has 0 saturated carbocycles. The maximum Gasteiger partial charge on any atom is 0.301 e. The van der Waals surface area contributed by atoms with E-state index in [-0.39, 0.29) is 0 Å². The summed E-state index contributed by atoms with van der Waals surface area (Å²) in [5.41, 5.74) is 1.64. The Balaban J connectivity index is 2.04. The van der Waals surface area contributed by atoms with Crippen LogP contribution in [0.1, 0.15) is 12.5 Å². The molecule has 1 heterocycles. The van der Waals surface area contributed by atoms with Crippen LogP contribution in [0, 0.1) is 0 Å². The Morgan fingerprint density at radius 2 is 2.05 bits per heavy atom. The Kier molecular flexibility index (Phi) is 5.36. The van der Waals surface area contributed by atoms with Crippen molar-refractivity contribution in [2.45, 2.75) is 13.5 Å². The van der Waals surface area contributed by atoms with Crippen LogP contribution in [0.3, 0.4) is 0 Å². The van der Waals surface area contributed by atoms with Gasteiger partial charge in [-0.05, 0) is 24.2 Å². The van der Waals surface area contributed by atoms with Gasteiger partial charge in [0.2, 0.25) is 0 Å². The minimum absolute atomic E-state index is 0.395. The number of ether oxygens (including phenoxy) is 1. The van der Waals surface area contributed by atoms with Gasteiger partial charge in [-0.25, -0.2) is 0 Å². The van der Waals surface area contributed by atoms with Gasteiger partial charge in [0.1, 0.15) is 0 Å². The molecule has 0 amide bonds. The predicted molar refractivity (Wildman–Crippen MR) is 78.8 cm³/mol. The maximum atomic E-state index is 12.2. The average molecular weight is 299 g/mol. The molecular formula is C13H21N3O3S. The van der Waals surface area contributed by atoms with E-state index < -0.39 is 10.2 Å². The van der Waals surface area contributed by atoms with E-state index in [2.05, 4.69) is 10.0 Å². The highest BCUT2D eigenvalue weighted by Gasteiger charge is 2.24. The first-order valence-corrected chi connectivity index (χ1v) is 8.21.